The lowest BCUT2D eigenvalue weighted by Crippen LogP contribution is -2.51. The highest BCUT2D eigenvalue weighted by molar-refractivity contribution is 7.89. The molecule has 0 N–H and O–H groups in total. The molecule has 2 heterocycles. The van der Waals surface area contributed by atoms with Gasteiger partial charge in [0.15, 0.2) is 0 Å². The molecule has 1 aliphatic heterocycles. The van der Waals surface area contributed by atoms with E-state index in [1.54, 1.807) is 12.1 Å². The quantitative estimate of drug-likeness (QED) is 0.448. The summed E-state index contributed by atoms with van der Waals surface area (Å²) in [7, 11) is -3.94. The second-order valence-corrected chi connectivity index (χ2v) is 8.71. The first kappa shape index (κ1) is 22.6. The zero-order chi connectivity index (χ0) is 23.5. The topological polar surface area (TPSA) is 170 Å². The second kappa shape index (κ2) is 8.97. The number of nitrogens with zero attached hydrogens (tertiary/aromatic N) is 6. The maximum Gasteiger partial charge on any atom is 0.287 e. The Balaban J connectivity index is 1.74. The minimum Gasteiger partial charge on any atom is -0.339 e. The molecule has 1 saturated heterocycles. The highest BCUT2D eigenvalue weighted by Gasteiger charge is 2.31. The maximum atomic E-state index is 12.9. The van der Waals surface area contributed by atoms with E-state index in [2.05, 4.69) is 0 Å². The average Bonchev–Trinajstić information content (AvgIpc) is 2.80. The SMILES string of the molecule is N#Cc1ccccc1S(=O)(=O)N1CCN(C(=O)Cn2cc([N+](=O)[O-])cc(C#N)c2=O)CC1. The van der Waals surface area contributed by atoms with Crippen molar-refractivity contribution in [1.29, 1.82) is 10.5 Å². The van der Waals surface area contributed by atoms with Gasteiger partial charge >= 0.3 is 0 Å². The van der Waals surface area contributed by atoms with Crippen LogP contribution >= 0.6 is 0 Å². The molecular formula is C19H16N6O6S. The Hall–Kier alpha value is -4.07. The van der Waals surface area contributed by atoms with E-state index in [1.807, 2.05) is 6.07 Å². The first-order valence-electron chi connectivity index (χ1n) is 9.25. The first-order chi connectivity index (χ1) is 15.2. The van der Waals surface area contributed by atoms with E-state index in [1.165, 1.54) is 27.4 Å². The van der Waals surface area contributed by atoms with Crippen molar-refractivity contribution in [3.63, 3.8) is 0 Å². The summed E-state index contributed by atoms with van der Waals surface area (Å²) in [6.45, 7) is -0.523. The predicted octanol–water partition coefficient (Wildman–Crippen LogP) is 0.0330. The number of hydrogen-bond donors (Lipinski definition) is 0. The number of aromatic nitrogens is 1. The molecule has 3 rings (SSSR count). The fourth-order valence-corrected chi connectivity index (χ4v) is 4.83. The Bertz CT molecular complexity index is 1330. The molecule has 1 amide bonds. The van der Waals surface area contributed by atoms with Gasteiger partial charge in [-0.25, -0.2) is 8.42 Å². The van der Waals surface area contributed by atoms with E-state index in [0.29, 0.717) is 0 Å². The van der Waals surface area contributed by atoms with Gasteiger partial charge in [0, 0.05) is 32.2 Å². The largest absolute Gasteiger partial charge is 0.339 e. The van der Waals surface area contributed by atoms with Gasteiger partial charge in [-0.2, -0.15) is 14.8 Å². The van der Waals surface area contributed by atoms with Gasteiger partial charge in [0.05, 0.1) is 21.6 Å². The maximum absolute atomic E-state index is 12.9. The van der Waals surface area contributed by atoms with Crippen LogP contribution in [0.4, 0.5) is 5.69 Å². The summed E-state index contributed by atoms with van der Waals surface area (Å²) >= 11 is 0. The number of carbonyl (C=O) groups is 1. The number of benzene rings is 1. The van der Waals surface area contributed by atoms with Crippen LogP contribution in [-0.4, -0.2) is 59.2 Å². The Morgan fingerprint density at radius 1 is 1.09 bits per heavy atom. The number of nitriles is 2. The highest BCUT2D eigenvalue weighted by atomic mass is 32.2. The van der Waals surface area contributed by atoms with Crippen molar-refractivity contribution in [3.8, 4) is 12.1 Å². The van der Waals surface area contributed by atoms with Gasteiger partial charge in [-0.15, -0.1) is 0 Å². The molecule has 2 aromatic rings. The van der Waals surface area contributed by atoms with Crippen LogP contribution in [0.15, 0.2) is 46.2 Å². The van der Waals surface area contributed by atoms with Gasteiger partial charge in [-0.3, -0.25) is 24.3 Å². The number of hydrogen-bond acceptors (Lipinski definition) is 8. The molecule has 1 aromatic carbocycles. The molecule has 0 bridgehead atoms. The number of pyridine rings is 1. The molecule has 12 nitrogen and oxygen atoms in total. The van der Waals surface area contributed by atoms with E-state index in [0.717, 1.165) is 16.8 Å². The van der Waals surface area contributed by atoms with Gasteiger partial charge in [-0.1, -0.05) is 12.1 Å². The molecule has 1 aromatic heterocycles. The number of sulfonamides is 1. The summed E-state index contributed by atoms with van der Waals surface area (Å²) < 4.78 is 27.7. The molecule has 0 radical (unpaired) electrons. The van der Waals surface area contributed by atoms with Crippen LogP contribution in [0.2, 0.25) is 0 Å². The normalized spacial score (nSPS) is 14.4. The lowest BCUT2D eigenvalue weighted by Gasteiger charge is -2.34. The van der Waals surface area contributed by atoms with Gasteiger partial charge in [0.1, 0.15) is 24.2 Å². The smallest absolute Gasteiger partial charge is 0.287 e. The fourth-order valence-electron chi connectivity index (χ4n) is 3.26. The average molecular weight is 456 g/mol. The van der Waals surface area contributed by atoms with Crippen molar-refractivity contribution in [2.24, 2.45) is 0 Å². The van der Waals surface area contributed by atoms with Gasteiger partial charge in [0.25, 0.3) is 11.2 Å². The summed E-state index contributed by atoms with van der Waals surface area (Å²) in [6, 6.07) is 10.1. The van der Waals surface area contributed by atoms with E-state index in [4.69, 9.17) is 5.26 Å². The van der Waals surface area contributed by atoms with Crippen LogP contribution < -0.4 is 5.56 Å². The zero-order valence-corrected chi connectivity index (χ0v) is 17.4. The molecule has 0 aliphatic carbocycles. The van der Waals surface area contributed by atoms with Crippen LogP contribution in [0.1, 0.15) is 11.1 Å². The van der Waals surface area contributed by atoms with Gasteiger partial charge < -0.3 is 4.90 Å². The van der Waals surface area contributed by atoms with Crippen molar-refractivity contribution < 1.29 is 18.1 Å². The van der Waals surface area contributed by atoms with E-state index >= 15 is 0 Å². The molecule has 13 heteroatoms. The van der Waals surface area contributed by atoms with Crippen LogP contribution in [0.3, 0.4) is 0 Å². The molecule has 0 spiro atoms. The van der Waals surface area contributed by atoms with E-state index < -0.39 is 44.2 Å². The zero-order valence-electron chi connectivity index (χ0n) is 16.5. The van der Waals surface area contributed by atoms with Crippen LogP contribution in [0.5, 0.6) is 0 Å². The monoisotopic (exact) mass is 456 g/mol. The summed E-state index contributed by atoms with van der Waals surface area (Å²) in [4.78, 5) is 36.3. The molecule has 1 aliphatic rings. The number of carbonyl (C=O) groups excluding carboxylic acids is 1. The summed E-state index contributed by atoms with van der Waals surface area (Å²) in [5.41, 5.74) is -1.77. The number of piperazine rings is 1. The Morgan fingerprint density at radius 2 is 1.72 bits per heavy atom. The van der Waals surface area contributed by atoms with Crippen molar-refractivity contribution in [3.05, 3.63) is 68.1 Å². The van der Waals surface area contributed by atoms with Gasteiger partial charge in [0.2, 0.25) is 15.9 Å². The Labute approximate surface area is 182 Å². The van der Waals surface area contributed by atoms with Crippen molar-refractivity contribution in [2.75, 3.05) is 26.2 Å². The first-order valence-corrected chi connectivity index (χ1v) is 10.7. The van der Waals surface area contributed by atoms with Crippen molar-refractivity contribution in [1.82, 2.24) is 13.8 Å². The van der Waals surface area contributed by atoms with Gasteiger partial charge in [-0.05, 0) is 12.1 Å². The van der Waals surface area contributed by atoms with Crippen LogP contribution in [0.25, 0.3) is 0 Å². The Morgan fingerprint density at radius 3 is 2.31 bits per heavy atom. The molecule has 0 saturated carbocycles. The van der Waals surface area contributed by atoms with Crippen molar-refractivity contribution in [2.45, 2.75) is 11.4 Å². The van der Waals surface area contributed by atoms with Crippen molar-refractivity contribution >= 4 is 21.6 Å². The summed E-state index contributed by atoms with van der Waals surface area (Å²) in [5.74, 6) is -0.550. The molecule has 1 fully saturated rings. The number of amides is 1. The molecule has 164 valence electrons. The summed E-state index contributed by atoms with van der Waals surface area (Å²) in [6.07, 6.45) is 0.889. The molecule has 0 atom stereocenters. The third kappa shape index (κ3) is 4.34. The third-order valence-electron chi connectivity index (χ3n) is 4.93. The minimum atomic E-state index is -3.94. The number of rotatable bonds is 5. The number of nitro groups is 1. The Kier molecular flexibility index (Phi) is 6.34. The van der Waals surface area contributed by atoms with Crippen LogP contribution in [0, 0.1) is 32.8 Å². The lowest BCUT2D eigenvalue weighted by molar-refractivity contribution is -0.385. The van der Waals surface area contributed by atoms with Crippen LogP contribution in [-0.2, 0) is 21.4 Å². The lowest BCUT2D eigenvalue weighted by atomic mass is 10.2. The summed E-state index contributed by atoms with van der Waals surface area (Å²) in [5, 5.41) is 29.2. The molecular weight excluding hydrogens is 440 g/mol. The fraction of sp³-hybridized carbons (Fsp3) is 0.263. The predicted molar refractivity (Wildman–Crippen MR) is 109 cm³/mol. The third-order valence-corrected chi connectivity index (χ3v) is 6.88. The minimum absolute atomic E-state index is 0.0179. The molecule has 0 unspecified atom stereocenters. The second-order valence-electron chi connectivity index (χ2n) is 6.81. The molecule has 32 heavy (non-hydrogen) atoms. The van der Waals surface area contributed by atoms with E-state index in [-0.39, 0.29) is 36.6 Å². The highest BCUT2D eigenvalue weighted by Crippen LogP contribution is 2.21. The van der Waals surface area contributed by atoms with E-state index in [9.17, 15) is 33.4 Å². The standard InChI is InChI=1S/C19H16N6O6S/c20-10-14-3-1-2-4-17(14)32(30,31)24-7-5-22(6-8-24)18(26)13-23-12-16(25(28)29)9-15(11-21)19(23)27/h1-4,9,12H,5-8,13H2.